The third kappa shape index (κ3) is 4.79. The van der Waals surface area contributed by atoms with E-state index in [1.54, 1.807) is 0 Å². The summed E-state index contributed by atoms with van der Waals surface area (Å²) in [5.41, 5.74) is 0.394. The number of nitrogens with zero attached hydrogens (tertiary/aromatic N) is 2. The first-order chi connectivity index (χ1) is 12.9. The summed E-state index contributed by atoms with van der Waals surface area (Å²) in [6.45, 7) is 0.577. The van der Waals surface area contributed by atoms with E-state index in [2.05, 4.69) is 5.32 Å². The third-order valence-electron chi connectivity index (χ3n) is 5.57. The molecule has 1 saturated carbocycles. The van der Waals surface area contributed by atoms with E-state index in [0.29, 0.717) is 25.1 Å². The summed E-state index contributed by atoms with van der Waals surface area (Å²) in [5.74, 6) is -0.773. The molecule has 3 rings (SSSR count). The summed E-state index contributed by atoms with van der Waals surface area (Å²) in [7, 11) is -2.31. The Morgan fingerprint density at radius 1 is 1.11 bits per heavy atom. The number of piperidine rings is 1. The number of carbonyl (C=O) groups is 1. The molecule has 1 atom stereocenters. The molecule has 0 bridgehead atoms. The normalized spacial score (nSPS) is 22.4. The molecule has 1 aliphatic carbocycles. The van der Waals surface area contributed by atoms with Crippen molar-refractivity contribution in [2.75, 3.05) is 24.4 Å². The van der Waals surface area contributed by atoms with Gasteiger partial charge in [-0.2, -0.15) is 12.7 Å². The average molecular weight is 398 g/mol. The molecule has 2 fully saturated rings. The molecule has 6 nitrogen and oxygen atoms in total. The number of benzene rings is 1. The van der Waals surface area contributed by atoms with Crippen LogP contribution in [0.25, 0.3) is 0 Å². The lowest BCUT2D eigenvalue weighted by Crippen LogP contribution is -2.51. The number of nitrogens with one attached hydrogen (secondary N) is 1. The van der Waals surface area contributed by atoms with Crippen molar-refractivity contribution in [2.45, 2.75) is 51.0 Å². The van der Waals surface area contributed by atoms with Crippen LogP contribution < -0.4 is 9.62 Å². The van der Waals surface area contributed by atoms with Gasteiger partial charge in [-0.15, -0.1) is 0 Å². The van der Waals surface area contributed by atoms with Gasteiger partial charge >= 0.3 is 10.2 Å². The molecule has 1 N–H and O–H groups in total. The summed E-state index contributed by atoms with van der Waals surface area (Å²) >= 11 is 0. The van der Waals surface area contributed by atoms with Gasteiger partial charge in [-0.1, -0.05) is 19.3 Å². The maximum Gasteiger partial charge on any atom is 0.303 e. The molecule has 1 saturated heterocycles. The van der Waals surface area contributed by atoms with Crippen LogP contribution in [0, 0.1) is 11.7 Å². The van der Waals surface area contributed by atoms with E-state index in [-0.39, 0.29) is 24.4 Å². The molecule has 1 aromatic carbocycles. The van der Waals surface area contributed by atoms with Gasteiger partial charge in [0, 0.05) is 26.2 Å². The van der Waals surface area contributed by atoms with E-state index in [9.17, 15) is 17.6 Å². The summed E-state index contributed by atoms with van der Waals surface area (Å²) < 4.78 is 41.5. The monoisotopic (exact) mass is 397 g/mol. The Hall–Kier alpha value is -1.67. The van der Waals surface area contributed by atoms with Gasteiger partial charge in [-0.25, -0.2) is 4.39 Å². The zero-order valence-electron chi connectivity index (χ0n) is 15.7. The molecule has 1 aromatic rings. The summed E-state index contributed by atoms with van der Waals surface area (Å²) in [6, 6.07) is 5.56. The molecule has 0 aromatic heterocycles. The first-order valence-electron chi connectivity index (χ1n) is 9.68. The average Bonchev–Trinajstić information content (AvgIpc) is 2.69. The Morgan fingerprint density at radius 3 is 2.44 bits per heavy atom. The molecule has 150 valence electrons. The smallest absolute Gasteiger partial charge is 0.303 e. The van der Waals surface area contributed by atoms with Crippen molar-refractivity contribution in [1.29, 1.82) is 0 Å². The van der Waals surface area contributed by atoms with Crippen LogP contribution >= 0.6 is 0 Å². The Bertz CT molecular complexity index is 748. The maximum atomic E-state index is 13.1. The fourth-order valence-electron chi connectivity index (χ4n) is 3.89. The maximum absolute atomic E-state index is 13.1. The topological polar surface area (TPSA) is 69.7 Å². The standard InChI is InChI=1S/C19H28FN3O3S/c1-22(18-11-9-16(20)10-12-18)27(25,26)23-13-5-6-15(14-23)19(24)21-17-7-3-2-4-8-17/h9-12,15,17H,2-8,13-14H2,1H3,(H,21,24)/t15-/m0/s1. The molecule has 0 radical (unpaired) electrons. The zero-order chi connectivity index (χ0) is 19.4. The van der Waals surface area contributed by atoms with Crippen LogP contribution in [-0.2, 0) is 15.0 Å². The van der Waals surface area contributed by atoms with Gasteiger partial charge in [0.1, 0.15) is 5.82 Å². The van der Waals surface area contributed by atoms with Gasteiger partial charge in [-0.05, 0) is 49.9 Å². The van der Waals surface area contributed by atoms with Gasteiger partial charge in [0.15, 0.2) is 0 Å². The van der Waals surface area contributed by atoms with E-state index in [4.69, 9.17) is 0 Å². The molecule has 27 heavy (non-hydrogen) atoms. The van der Waals surface area contributed by atoms with Crippen molar-refractivity contribution in [1.82, 2.24) is 9.62 Å². The lowest BCUT2D eigenvalue weighted by atomic mass is 9.93. The lowest BCUT2D eigenvalue weighted by molar-refractivity contribution is -0.127. The van der Waals surface area contributed by atoms with Crippen molar-refractivity contribution in [3.05, 3.63) is 30.1 Å². The van der Waals surface area contributed by atoms with E-state index >= 15 is 0 Å². The fourth-order valence-corrected chi connectivity index (χ4v) is 5.35. The molecule has 1 aliphatic heterocycles. The highest BCUT2D eigenvalue weighted by atomic mass is 32.2. The van der Waals surface area contributed by atoms with E-state index in [0.717, 1.165) is 30.0 Å². The van der Waals surface area contributed by atoms with Crippen LogP contribution in [0.3, 0.4) is 0 Å². The number of halogens is 1. The number of rotatable bonds is 5. The Kier molecular flexibility index (Phi) is 6.37. The predicted molar refractivity (Wildman–Crippen MR) is 103 cm³/mol. The number of hydrogen-bond donors (Lipinski definition) is 1. The fraction of sp³-hybridized carbons (Fsp3) is 0.632. The minimum absolute atomic E-state index is 0.0359. The third-order valence-corrected chi connectivity index (χ3v) is 7.46. The van der Waals surface area contributed by atoms with Crippen LogP contribution in [0.5, 0.6) is 0 Å². The van der Waals surface area contributed by atoms with Crippen LogP contribution in [0.4, 0.5) is 10.1 Å². The number of amides is 1. The van der Waals surface area contributed by atoms with Crippen LogP contribution in [-0.4, -0.2) is 44.8 Å². The first-order valence-corrected chi connectivity index (χ1v) is 11.1. The van der Waals surface area contributed by atoms with E-state index in [1.165, 1.54) is 42.0 Å². The van der Waals surface area contributed by atoms with E-state index in [1.807, 2.05) is 0 Å². The SMILES string of the molecule is CN(c1ccc(F)cc1)S(=O)(=O)N1CCC[C@H](C(=O)NC2CCCCC2)C1. The molecule has 1 heterocycles. The van der Waals surface area contributed by atoms with Crippen molar-refractivity contribution >= 4 is 21.8 Å². The predicted octanol–water partition coefficient (Wildman–Crippen LogP) is 2.67. The Morgan fingerprint density at radius 2 is 1.78 bits per heavy atom. The molecule has 2 aliphatic rings. The molecular formula is C19H28FN3O3S. The molecule has 1 amide bonds. The molecular weight excluding hydrogens is 369 g/mol. The van der Waals surface area contributed by atoms with E-state index < -0.39 is 16.0 Å². The van der Waals surface area contributed by atoms with Crippen molar-refractivity contribution in [3.63, 3.8) is 0 Å². The van der Waals surface area contributed by atoms with Gasteiger partial charge in [0.2, 0.25) is 5.91 Å². The van der Waals surface area contributed by atoms with Gasteiger partial charge in [-0.3, -0.25) is 9.10 Å². The van der Waals surface area contributed by atoms with Crippen molar-refractivity contribution < 1.29 is 17.6 Å². The first kappa shape index (κ1) is 20.1. The van der Waals surface area contributed by atoms with Crippen LogP contribution in [0.2, 0.25) is 0 Å². The van der Waals surface area contributed by atoms with Gasteiger partial charge in [0.05, 0.1) is 11.6 Å². The summed E-state index contributed by atoms with van der Waals surface area (Å²) in [5, 5.41) is 3.11. The number of carbonyl (C=O) groups excluding carboxylic acids is 1. The second-order valence-electron chi connectivity index (χ2n) is 7.49. The van der Waals surface area contributed by atoms with Crippen LogP contribution in [0.15, 0.2) is 24.3 Å². The second-order valence-corrected chi connectivity index (χ2v) is 9.45. The summed E-state index contributed by atoms with van der Waals surface area (Å²) in [4.78, 5) is 12.6. The zero-order valence-corrected chi connectivity index (χ0v) is 16.5. The van der Waals surface area contributed by atoms with Crippen molar-refractivity contribution in [2.24, 2.45) is 5.92 Å². The van der Waals surface area contributed by atoms with Crippen LogP contribution in [0.1, 0.15) is 44.9 Å². The van der Waals surface area contributed by atoms with Gasteiger partial charge < -0.3 is 5.32 Å². The van der Waals surface area contributed by atoms with Crippen molar-refractivity contribution in [3.8, 4) is 0 Å². The second kappa shape index (κ2) is 8.56. The van der Waals surface area contributed by atoms with Gasteiger partial charge in [0.25, 0.3) is 0 Å². The number of anilines is 1. The molecule has 0 unspecified atom stereocenters. The Labute approximate surface area is 160 Å². The minimum atomic E-state index is -3.76. The molecule has 8 heteroatoms. The minimum Gasteiger partial charge on any atom is -0.353 e. The highest BCUT2D eigenvalue weighted by Crippen LogP contribution is 2.25. The molecule has 0 spiro atoms. The quantitative estimate of drug-likeness (QED) is 0.830. The summed E-state index contributed by atoms with van der Waals surface area (Å²) in [6.07, 6.45) is 6.86. The highest BCUT2D eigenvalue weighted by Gasteiger charge is 2.35. The number of hydrogen-bond acceptors (Lipinski definition) is 3. The lowest BCUT2D eigenvalue weighted by Gasteiger charge is -2.35. The highest BCUT2D eigenvalue weighted by molar-refractivity contribution is 7.90. The Balaban J connectivity index is 1.65. The largest absolute Gasteiger partial charge is 0.353 e.